The molecule has 2 aromatic rings. The zero-order valence-electron chi connectivity index (χ0n) is 12.6. The second kappa shape index (κ2) is 5.54. The first-order chi connectivity index (χ1) is 10.8. The molecule has 1 heterocycles. The number of benzene rings is 2. The number of para-hydroxylation sites is 2. The number of amides is 1. The maximum Gasteiger partial charge on any atom is 0.266 e. The maximum absolute atomic E-state index is 13.1. The van der Waals surface area contributed by atoms with Gasteiger partial charge in [0, 0.05) is 0 Å². The highest BCUT2D eigenvalue weighted by Crippen LogP contribution is 2.38. The number of anilines is 2. The van der Waals surface area contributed by atoms with E-state index in [1.165, 1.54) is 6.07 Å². The number of aryl methyl sites for hydroxylation is 1. The highest BCUT2D eigenvalue weighted by molar-refractivity contribution is 7.93. The number of nitrogens with one attached hydrogen (secondary N) is 1. The van der Waals surface area contributed by atoms with Gasteiger partial charge in [0.1, 0.15) is 10.9 Å². The van der Waals surface area contributed by atoms with Crippen LogP contribution in [0, 0.1) is 6.92 Å². The molecule has 0 aromatic heterocycles. The molecule has 3 rings (SSSR count). The summed E-state index contributed by atoms with van der Waals surface area (Å²) >= 11 is 6.20. The van der Waals surface area contributed by atoms with Crippen LogP contribution in [0.2, 0.25) is 5.02 Å². The van der Waals surface area contributed by atoms with Crippen LogP contribution in [0.25, 0.3) is 0 Å². The van der Waals surface area contributed by atoms with Gasteiger partial charge in [-0.3, -0.25) is 9.10 Å². The molecule has 0 saturated carbocycles. The molecule has 120 valence electrons. The van der Waals surface area contributed by atoms with E-state index in [2.05, 4.69) is 5.32 Å². The van der Waals surface area contributed by atoms with E-state index in [0.717, 1.165) is 4.31 Å². The molecule has 5 nitrogen and oxygen atoms in total. The molecule has 7 heteroatoms. The van der Waals surface area contributed by atoms with Gasteiger partial charge >= 0.3 is 0 Å². The zero-order valence-corrected chi connectivity index (χ0v) is 14.1. The highest BCUT2D eigenvalue weighted by Gasteiger charge is 2.39. The molecule has 2 aromatic carbocycles. The number of sulfonamides is 1. The van der Waals surface area contributed by atoms with Crippen LogP contribution in [-0.4, -0.2) is 20.4 Å². The topological polar surface area (TPSA) is 66.5 Å². The molecule has 0 radical (unpaired) electrons. The number of nitrogens with zero attached hydrogens (tertiary/aromatic N) is 1. The van der Waals surface area contributed by atoms with Crippen molar-refractivity contribution in [2.75, 3.05) is 9.62 Å². The van der Waals surface area contributed by atoms with Gasteiger partial charge in [0.15, 0.2) is 0 Å². The monoisotopic (exact) mass is 350 g/mol. The fourth-order valence-corrected chi connectivity index (χ4v) is 4.79. The molecule has 0 spiro atoms. The number of halogens is 1. The number of fused-ring (bicyclic) bond motifs is 1. The van der Waals surface area contributed by atoms with Gasteiger partial charge < -0.3 is 5.32 Å². The van der Waals surface area contributed by atoms with Gasteiger partial charge in [-0.25, -0.2) is 8.42 Å². The lowest BCUT2D eigenvalue weighted by molar-refractivity contribution is -0.117. The van der Waals surface area contributed by atoms with Gasteiger partial charge in [-0.1, -0.05) is 35.9 Å². The summed E-state index contributed by atoms with van der Waals surface area (Å²) in [6.45, 7) is 3.29. The van der Waals surface area contributed by atoms with Crippen molar-refractivity contribution in [2.45, 2.75) is 24.8 Å². The van der Waals surface area contributed by atoms with Crippen LogP contribution in [-0.2, 0) is 14.8 Å². The lowest BCUT2D eigenvalue weighted by Crippen LogP contribution is -2.49. The molecule has 1 atom stereocenters. The van der Waals surface area contributed by atoms with Gasteiger partial charge in [-0.2, -0.15) is 0 Å². The molecule has 1 amide bonds. The smallest absolute Gasteiger partial charge is 0.266 e. The predicted molar refractivity (Wildman–Crippen MR) is 90.4 cm³/mol. The Balaban J connectivity index is 2.23. The summed E-state index contributed by atoms with van der Waals surface area (Å²) in [5, 5.41) is 2.88. The van der Waals surface area contributed by atoms with Crippen LogP contribution in [0.5, 0.6) is 0 Å². The van der Waals surface area contributed by atoms with Gasteiger partial charge in [0.25, 0.3) is 10.0 Å². The van der Waals surface area contributed by atoms with Crippen molar-refractivity contribution in [3.05, 3.63) is 53.1 Å². The van der Waals surface area contributed by atoms with Gasteiger partial charge in [0.05, 0.1) is 16.4 Å². The first kappa shape index (κ1) is 15.8. The van der Waals surface area contributed by atoms with Crippen LogP contribution in [0.4, 0.5) is 11.4 Å². The predicted octanol–water partition coefficient (Wildman–Crippen LogP) is 3.18. The minimum atomic E-state index is -3.97. The SMILES string of the molecule is Cc1cccc(S(=O)(=O)N2c3ccccc3NC(=O)[C@@H]2C)c1Cl. The fourth-order valence-electron chi connectivity index (χ4n) is 2.59. The summed E-state index contributed by atoms with van der Waals surface area (Å²) in [5.74, 6) is -0.379. The van der Waals surface area contributed by atoms with E-state index in [1.54, 1.807) is 50.2 Å². The standard InChI is InChI=1S/C16H15ClN2O3S/c1-10-6-5-9-14(15(10)17)23(21,22)19-11(2)16(20)18-12-7-3-4-8-13(12)19/h3-9,11H,1-2H3,(H,18,20)/t11-/m0/s1. The summed E-state index contributed by atoms with van der Waals surface area (Å²) in [6, 6.07) is 10.7. The molecule has 0 unspecified atom stereocenters. The number of rotatable bonds is 2. The molecule has 23 heavy (non-hydrogen) atoms. The Morgan fingerprint density at radius 1 is 1.13 bits per heavy atom. The molecular formula is C16H15ClN2O3S. The largest absolute Gasteiger partial charge is 0.322 e. The minimum absolute atomic E-state index is 0.00415. The van der Waals surface area contributed by atoms with E-state index in [1.807, 2.05) is 0 Å². The summed E-state index contributed by atoms with van der Waals surface area (Å²) in [4.78, 5) is 12.1. The number of hydrogen-bond acceptors (Lipinski definition) is 3. The minimum Gasteiger partial charge on any atom is -0.322 e. The summed E-state index contributed by atoms with van der Waals surface area (Å²) < 4.78 is 27.4. The van der Waals surface area contributed by atoms with Crippen molar-refractivity contribution in [1.29, 1.82) is 0 Å². The van der Waals surface area contributed by atoms with Crippen molar-refractivity contribution >= 4 is 38.9 Å². The van der Waals surface area contributed by atoms with Crippen LogP contribution in [0.15, 0.2) is 47.4 Å². The van der Waals surface area contributed by atoms with Crippen molar-refractivity contribution in [3.63, 3.8) is 0 Å². The second-order valence-electron chi connectivity index (χ2n) is 5.37. The molecule has 0 aliphatic carbocycles. The Kier molecular flexibility index (Phi) is 3.82. The summed E-state index contributed by atoms with van der Waals surface area (Å²) in [5.41, 5.74) is 1.55. The van der Waals surface area contributed by atoms with Gasteiger partial charge in [0.2, 0.25) is 5.91 Å². The van der Waals surface area contributed by atoms with Crippen LogP contribution < -0.4 is 9.62 Å². The average Bonchev–Trinajstić information content (AvgIpc) is 2.50. The van der Waals surface area contributed by atoms with Gasteiger partial charge in [-0.15, -0.1) is 0 Å². The molecule has 1 aliphatic rings. The Hall–Kier alpha value is -2.05. The quantitative estimate of drug-likeness (QED) is 0.904. The first-order valence-corrected chi connectivity index (χ1v) is 8.85. The lowest BCUT2D eigenvalue weighted by Gasteiger charge is -2.35. The Morgan fingerprint density at radius 3 is 2.57 bits per heavy atom. The Bertz CT molecular complexity index is 896. The average molecular weight is 351 g/mol. The molecular weight excluding hydrogens is 336 g/mol. The maximum atomic E-state index is 13.1. The second-order valence-corrected chi connectivity index (χ2v) is 7.53. The third-order valence-electron chi connectivity index (χ3n) is 3.82. The number of carbonyl (C=O) groups excluding carboxylic acids is 1. The molecule has 1 aliphatic heterocycles. The summed E-state index contributed by atoms with van der Waals surface area (Å²) in [7, 11) is -3.97. The van der Waals surface area contributed by atoms with Crippen molar-refractivity contribution < 1.29 is 13.2 Å². The lowest BCUT2D eigenvalue weighted by atomic mass is 10.1. The molecule has 1 N–H and O–H groups in total. The normalized spacial score (nSPS) is 17.6. The zero-order chi connectivity index (χ0) is 16.8. The van der Waals surface area contributed by atoms with E-state index < -0.39 is 16.1 Å². The van der Waals surface area contributed by atoms with Crippen LogP contribution in [0.1, 0.15) is 12.5 Å². The van der Waals surface area contributed by atoms with E-state index >= 15 is 0 Å². The molecule has 0 bridgehead atoms. The third-order valence-corrected chi connectivity index (χ3v) is 6.36. The highest BCUT2D eigenvalue weighted by atomic mass is 35.5. The van der Waals surface area contributed by atoms with E-state index in [4.69, 9.17) is 11.6 Å². The van der Waals surface area contributed by atoms with Gasteiger partial charge in [-0.05, 0) is 37.6 Å². The Morgan fingerprint density at radius 2 is 1.83 bits per heavy atom. The van der Waals surface area contributed by atoms with Crippen LogP contribution >= 0.6 is 11.6 Å². The Labute approximate surface area is 139 Å². The van der Waals surface area contributed by atoms with E-state index in [-0.39, 0.29) is 15.8 Å². The third kappa shape index (κ3) is 2.48. The first-order valence-electron chi connectivity index (χ1n) is 7.03. The van der Waals surface area contributed by atoms with E-state index in [9.17, 15) is 13.2 Å². The number of hydrogen-bond donors (Lipinski definition) is 1. The van der Waals surface area contributed by atoms with Crippen molar-refractivity contribution in [2.24, 2.45) is 0 Å². The number of carbonyl (C=O) groups is 1. The van der Waals surface area contributed by atoms with Crippen molar-refractivity contribution in [3.8, 4) is 0 Å². The summed E-state index contributed by atoms with van der Waals surface area (Å²) in [6.07, 6.45) is 0. The molecule has 0 saturated heterocycles. The fraction of sp³-hybridized carbons (Fsp3) is 0.188. The van der Waals surface area contributed by atoms with E-state index in [0.29, 0.717) is 16.9 Å². The van der Waals surface area contributed by atoms with Crippen molar-refractivity contribution in [1.82, 2.24) is 0 Å². The van der Waals surface area contributed by atoms with Crippen LogP contribution in [0.3, 0.4) is 0 Å². The molecule has 0 fully saturated rings.